The van der Waals surface area contributed by atoms with Crippen LogP contribution >= 0.6 is 0 Å². The minimum absolute atomic E-state index is 0.0576. The van der Waals surface area contributed by atoms with E-state index in [4.69, 9.17) is 0 Å². The minimum atomic E-state index is -0.346. The van der Waals surface area contributed by atoms with Crippen LogP contribution in [-0.4, -0.2) is 51.6 Å². The van der Waals surface area contributed by atoms with Gasteiger partial charge < -0.3 is 4.90 Å². The van der Waals surface area contributed by atoms with Crippen LogP contribution in [0.1, 0.15) is 40.6 Å². The Morgan fingerprint density at radius 1 is 1.40 bits per heavy atom. The van der Waals surface area contributed by atoms with Crippen LogP contribution in [0, 0.1) is 0 Å². The molecule has 0 N–H and O–H groups in total. The Hall–Kier alpha value is -2.24. The number of likely N-dealkylation sites (tertiary alicyclic amines) is 1. The van der Waals surface area contributed by atoms with Crippen molar-refractivity contribution in [2.75, 3.05) is 13.1 Å². The molecule has 0 bridgehead atoms. The Kier molecular flexibility index (Phi) is 3.00. The number of rotatable bonds is 2. The van der Waals surface area contributed by atoms with Gasteiger partial charge in [-0.3, -0.25) is 24.3 Å². The van der Waals surface area contributed by atoms with E-state index in [9.17, 15) is 14.4 Å². The summed E-state index contributed by atoms with van der Waals surface area (Å²) in [6.45, 7) is 2.83. The number of amides is 3. The van der Waals surface area contributed by atoms with E-state index < -0.39 is 0 Å². The average molecular weight is 273 g/mol. The molecule has 20 heavy (non-hydrogen) atoms. The topological polar surface area (TPSA) is 70.6 Å². The smallest absolute Gasteiger partial charge is 0.280 e. The number of hydrogen-bond acceptors (Lipinski definition) is 4. The molecule has 104 valence electrons. The number of carbonyl (C=O) groups excluding carboxylic acids is 3. The van der Waals surface area contributed by atoms with Gasteiger partial charge in [0.15, 0.2) is 0 Å². The summed E-state index contributed by atoms with van der Waals surface area (Å²) in [4.78, 5) is 43.2. The predicted octanol–water partition coefficient (Wildman–Crippen LogP) is 0.689. The lowest BCUT2D eigenvalue weighted by atomic mass is 10.2. The van der Waals surface area contributed by atoms with Crippen LogP contribution in [0.25, 0.3) is 0 Å². The highest BCUT2D eigenvalue weighted by atomic mass is 16.2. The number of hydrogen-bond donors (Lipinski definition) is 0. The van der Waals surface area contributed by atoms with E-state index in [1.54, 1.807) is 17.0 Å². The van der Waals surface area contributed by atoms with E-state index in [-0.39, 0.29) is 29.5 Å². The third kappa shape index (κ3) is 1.79. The first-order valence-corrected chi connectivity index (χ1v) is 6.74. The minimum Gasteiger partial charge on any atom is -0.341 e. The van der Waals surface area contributed by atoms with E-state index in [1.165, 1.54) is 11.1 Å². The molecule has 0 radical (unpaired) electrons. The maximum absolute atomic E-state index is 12.3. The molecule has 6 heteroatoms. The predicted molar refractivity (Wildman–Crippen MR) is 70.0 cm³/mol. The van der Waals surface area contributed by atoms with Crippen molar-refractivity contribution < 1.29 is 14.4 Å². The zero-order valence-corrected chi connectivity index (χ0v) is 11.2. The molecule has 0 aromatic carbocycles. The second kappa shape index (κ2) is 4.70. The zero-order valence-electron chi connectivity index (χ0n) is 11.2. The van der Waals surface area contributed by atoms with Gasteiger partial charge in [0, 0.05) is 25.7 Å². The summed E-state index contributed by atoms with van der Waals surface area (Å²) >= 11 is 0. The number of carbonyl (C=O) groups is 3. The van der Waals surface area contributed by atoms with Gasteiger partial charge >= 0.3 is 0 Å². The van der Waals surface area contributed by atoms with Crippen LogP contribution in [0.15, 0.2) is 18.3 Å². The first-order chi connectivity index (χ1) is 9.63. The summed E-state index contributed by atoms with van der Waals surface area (Å²) in [6, 6.07) is 3.03. The maximum Gasteiger partial charge on any atom is 0.280 e. The fraction of sp³-hybridized carbons (Fsp3) is 0.429. The van der Waals surface area contributed by atoms with Crippen molar-refractivity contribution in [3.8, 4) is 0 Å². The summed E-state index contributed by atoms with van der Waals surface area (Å²) in [5, 5.41) is 0. The first kappa shape index (κ1) is 12.8. The fourth-order valence-electron chi connectivity index (χ4n) is 2.82. The maximum atomic E-state index is 12.3. The summed E-state index contributed by atoms with van der Waals surface area (Å²) in [5.74, 6) is -0.586. The van der Waals surface area contributed by atoms with Crippen LogP contribution in [-0.2, 0) is 4.79 Å². The lowest BCUT2D eigenvalue weighted by molar-refractivity contribution is -0.129. The van der Waals surface area contributed by atoms with E-state index in [2.05, 4.69) is 4.98 Å². The van der Waals surface area contributed by atoms with Crippen LogP contribution < -0.4 is 0 Å². The van der Waals surface area contributed by atoms with Crippen LogP contribution in [0.2, 0.25) is 0 Å². The van der Waals surface area contributed by atoms with Gasteiger partial charge in [0.25, 0.3) is 11.8 Å². The fourth-order valence-corrected chi connectivity index (χ4v) is 2.82. The molecule has 0 aliphatic carbocycles. The Labute approximate surface area is 116 Å². The largest absolute Gasteiger partial charge is 0.341 e. The van der Waals surface area contributed by atoms with Crippen molar-refractivity contribution in [1.82, 2.24) is 14.8 Å². The summed E-state index contributed by atoms with van der Waals surface area (Å²) in [7, 11) is 0. The third-order valence-electron chi connectivity index (χ3n) is 3.86. The monoisotopic (exact) mass is 273 g/mol. The molecule has 0 saturated carbocycles. The summed E-state index contributed by atoms with van der Waals surface area (Å²) < 4.78 is 0. The molecule has 2 aliphatic heterocycles. The molecular formula is C14H15N3O3. The molecule has 1 saturated heterocycles. The normalized spacial score (nSPS) is 21.6. The Bertz CT molecular complexity index is 564. The van der Waals surface area contributed by atoms with Gasteiger partial charge in [-0.2, -0.15) is 0 Å². The highest BCUT2D eigenvalue weighted by Gasteiger charge is 2.43. The Morgan fingerprint density at radius 3 is 2.90 bits per heavy atom. The average Bonchev–Trinajstić information content (AvgIpc) is 3.03. The van der Waals surface area contributed by atoms with E-state index in [0.717, 1.165) is 0 Å². The highest BCUT2D eigenvalue weighted by Crippen LogP contribution is 2.26. The number of imide groups is 1. The van der Waals surface area contributed by atoms with Crippen LogP contribution in [0.4, 0.5) is 0 Å². The van der Waals surface area contributed by atoms with Gasteiger partial charge in [-0.05, 0) is 18.6 Å². The van der Waals surface area contributed by atoms with Crippen LogP contribution in [0.5, 0.6) is 0 Å². The molecule has 1 aromatic rings. The number of aromatic nitrogens is 1. The lowest BCUT2D eigenvalue weighted by Gasteiger charge is -2.22. The molecule has 1 aromatic heterocycles. The quantitative estimate of drug-likeness (QED) is 0.743. The molecule has 1 fully saturated rings. The molecule has 0 spiro atoms. The highest BCUT2D eigenvalue weighted by molar-refractivity contribution is 6.20. The van der Waals surface area contributed by atoms with Crippen molar-refractivity contribution in [2.24, 2.45) is 0 Å². The van der Waals surface area contributed by atoms with Crippen LogP contribution in [0.3, 0.4) is 0 Å². The number of fused-ring (bicyclic) bond motifs is 1. The van der Waals surface area contributed by atoms with Gasteiger partial charge in [0.2, 0.25) is 5.91 Å². The number of pyridine rings is 1. The molecule has 1 atom stereocenters. The van der Waals surface area contributed by atoms with Crippen molar-refractivity contribution in [3.05, 3.63) is 29.6 Å². The van der Waals surface area contributed by atoms with Crippen molar-refractivity contribution >= 4 is 17.7 Å². The molecular weight excluding hydrogens is 258 g/mol. The van der Waals surface area contributed by atoms with Gasteiger partial charge in [-0.15, -0.1) is 0 Å². The molecule has 3 rings (SSSR count). The van der Waals surface area contributed by atoms with Crippen molar-refractivity contribution in [2.45, 2.75) is 25.8 Å². The summed E-state index contributed by atoms with van der Waals surface area (Å²) in [5.41, 5.74) is 0.579. The van der Waals surface area contributed by atoms with Gasteiger partial charge in [-0.1, -0.05) is 6.92 Å². The Balaban J connectivity index is 1.82. The molecule has 2 aliphatic rings. The SMILES string of the molecule is CCC(=O)N1CCC(N2C(=O)c3cccnc3C2=O)C1. The third-order valence-corrected chi connectivity index (χ3v) is 3.86. The van der Waals surface area contributed by atoms with E-state index in [0.29, 0.717) is 31.5 Å². The second-order valence-electron chi connectivity index (χ2n) is 5.02. The molecule has 6 nitrogen and oxygen atoms in total. The Morgan fingerprint density at radius 2 is 2.20 bits per heavy atom. The molecule has 3 heterocycles. The van der Waals surface area contributed by atoms with Gasteiger partial charge in [0.05, 0.1) is 11.6 Å². The second-order valence-corrected chi connectivity index (χ2v) is 5.02. The standard InChI is InChI=1S/C14H15N3O3/c1-2-11(18)16-7-5-9(8-16)17-13(19)10-4-3-6-15-12(10)14(17)20/h3-4,6,9H,2,5,7-8H2,1H3. The lowest BCUT2D eigenvalue weighted by Crippen LogP contribution is -2.42. The van der Waals surface area contributed by atoms with Gasteiger partial charge in [-0.25, -0.2) is 0 Å². The molecule has 3 amide bonds. The van der Waals surface area contributed by atoms with Crippen molar-refractivity contribution in [3.63, 3.8) is 0 Å². The molecule has 1 unspecified atom stereocenters. The summed E-state index contributed by atoms with van der Waals surface area (Å²) in [6.07, 6.45) is 2.59. The van der Waals surface area contributed by atoms with E-state index in [1.807, 2.05) is 6.92 Å². The zero-order chi connectivity index (χ0) is 14.3. The van der Waals surface area contributed by atoms with Gasteiger partial charge in [0.1, 0.15) is 5.69 Å². The van der Waals surface area contributed by atoms with Crippen molar-refractivity contribution in [1.29, 1.82) is 0 Å². The number of nitrogens with zero attached hydrogens (tertiary/aromatic N) is 3. The van der Waals surface area contributed by atoms with E-state index >= 15 is 0 Å². The first-order valence-electron chi connectivity index (χ1n) is 6.74.